The molecule has 4 aromatic rings. The average molecular weight is 477 g/mol. The van der Waals surface area contributed by atoms with E-state index in [1.54, 1.807) is 40.9 Å². The zero-order chi connectivity index (χ0) is 22.9. The molecule has 0 bridgehead atoms. The molecule has 33 heavy (non-hydrogen) atoms. The highest BCUT2D eigenvalue weighted by Gasteiger charge is 2.26. The summed E-state index contributed by atoms with van der Waals surface area (Å²) in [5, 5.41) is 15.6. The third kappa shape index (κ3) is 4.43. The second-order valence-corrected chi connectivity index (χ2v) is 9.99. The number of rotatable bonds is 5. The predicted octanol–water partition coefficient (Wildman–Crippen LogP) is 5.57. The van der Waals surface area contributed by atoms with E-state index in [0.29, 0.717) is 5.56 Å². The molecule has 5 rings (SSSR count). The van der Waals surface area contributed by atoms with Crippen molar-refractivity contribution < 1.29 is 9.72 Å². The molecule has 0 saturated carbocycles. The van der Waals surface area contributed by atoms with Gasteiger partial charge in [0.15, 0.2) is 0 Å². The Labute approximate surface area is 198 Å². The SMILES string of the molecule is CN1CCc2c(sc(NC(=O)C=Cc3ccc([N+](=O)[O-])cc3)c2-c2nc3ccccc3s2)C1. The van der Waals surface area contributed by atoms with Crippen LogP contribution >= 0.6 is 22.7 Å². The number of para-hydroxylation sites is 1. The van der Waals surface area contributed by atoms with Crippen molar-refractivity contribution in [2.75, 3.05) is 18.9 Å². The molecule has 0 radical (unpaired) electrons. The van der Waals surface area contributed by atoms with Crippen LogP contribution in [0, 0.1) is 10.1 Å². The number of carbonyl (C=O) groups excluding carboxylic acids is 1. The number of non-ortho nitro benzene ring substituents is 1. The first-order valence-electron chi connectivity index (χ1n) is 10.4. The van der Waals surface area contributed by atoms with E-state index >= 15 is 0 Å². The number of nitro benzene ring substituents is 1. The van der Waals surface area contributed by atoms with Crippen LogP contribution in [0.25, 0.3) is 26.9 Å². The number of carbonyl (C=O) groups is 1. The standard InChI is InChI=1S/C24H20N4O3S2/c1-27-13-12-17-20(14-27)33-24(22(17)23-25-18-4-2-3-5-19(18)32-23)26-21(29)11-8-15-6-9-16(10-7-15)28(30)31/h2-11H,12-14H2,1H3,(H,26,29). The number of nitrogens with one attached hydrogen (secondary N) is 1. The number of anilines is 1. The zero-order valence-corrected chi connectivity index (χ0v) is 19.4. The molecule has 0 aliphatic carbocycles. The number of hydrogen-bond donors (Lipinski definition) is 1. The van der Waals surface area contributed by atoms with Crippen LogP contribution in [0.5, 0.6) is 0 Å². The molecule has 1 amide bonds. The molecule has 166 valence electrons. The molecule has 0 atom stereocenters. The van der Waals surface area contributed by atoms with Gasteiger partial charge in [0.05, 0.1) is 15.1 Å². The van der Waals surface area contributed by atoms with Gasteiger partial charge in [0.25, 0.3) is 5.69 Å². The number of amides is 1. The smallest absolute Gasteiger partial charge is 0.269 e. The summed E-state index contributed by atoms with van der Waals surface area (Å²) in [5.41, 5.74) is 3.99. The van der Waals surface area contributed by atoms with Gasteiger partial charge in [-0.05, 0) is 54.9 Å². The minimum absolute atomic E-state index is 0.0196. The Morgan fingerprint density at radius 1 is 1.18 bits per heavy atom. The third-order valence-electron chi connectivity index (χ3n) is 5.52. The molecule has 1 N–H and O–H groups in total. The molecule has 2 aromatic carbocycles. The second-order valence-electron chi connectivity index (χ2n) is 7.85. The molecule has 3 heterocycles. The molecule has 9 heteroatoms. The third-order valence-corrected chi connectivity index (χ3v) is 7.71. The van der Waals surface area contributed by atoms with Gasteiger partial charge in [-0.3, -0.25) is 14.9 Å². The topological polar surface area (TPSA) is 88.4 Å². The van der Waals surface area contributed by atoms with Gasteiger partial charge in [-0.1, -0.05) is 12.1 Å². The average Bonchev–Trinajstić information content (AvgIpc) is 3.38. The molecule has 7 nitrogen and oxygen atoms in total. The van der Waals surface area contributed by atoms with Gasteiger partial charge in [-0.25, -0.2) is 4.98 Å². The van der Waals surface area contributed by atoms with Crippen LogP contribution in [-0.2, 0) is 17.8 Å². The summed E-state index contributed by atoms with van der Waals surface area (Å²) in [6, 6.07) is 14.1. The summed E-state index contributed by atoms with van der Waals surface area (Å²) < 4.78 is 1.12. The highest BCUT2D eigenvalue weighted by atomic mass is 32.1. The summed E-state index contributed by atoms with van der Waals surface area (Å²) in [5.74, 6) is -0.248. The van der Waals surface area contributed by atoms with E-state index < -0.39 is 4.92 Å². The van der Waals surface area contributed by atoms with Gasteiger partial charge in [0.1, 0.15) is 10.0 Å². The van der Waals surface area contributed by atoms with Crippen LogP contribution in [0.1, 0.15) is 16.0 Å². The lowest BCUT2D eigenvalue weighted by Crippen LogP contribution is -2.25. The van der Waals surface area contributed by atoms with Crippen molar-refractivity contribution in [1.82, 2.24) is 9.88 Å². The quantitative estimate of drug-likeness (QED) is 0.231. The van der Waals surface area contributed by atoms with Crippen molar-refractivity contribution in [3.63, 3.8) is 0 Å². The van der Waals surface area contributed by atoms with Gasteiger partial charge in [0.2, 0.25) is 5.91 Å². The summed E-state index contributed by atoms with van der Waals surface area (Å²) in [7, 11) is 2.10. The summed E-state index contributed by atoms with van der Waals surface area (Å²) in [4.78, 5) is 31.5. The van der Waals surface area contributed by atoms with Gasteiger partial charge in [0, 0.05) is 41.7 Å². The lowest BCUT2D eigenvalue weighted by atomic mass is 10.0. The Hall–Kier alpha value is -3.40. The highest BCUT2D eigenvalue weighted by molar-refractivity contribution is 7.22. The van der Waals surface area contributed by atoms with Crippen LogP contribution in [-0.4, -0.2) is 34.3 Å². The van der Waals surface area contributed by atoms with Gasteiger partial charge < -0.3 is 10.2 Å². The molecule has 0 unspecified atom stereocenters. The Morgan fingerprint density at radius 2 is 1.97 bits per heavy atom. The van der Waals surface area contributed by atoms with E-state index in [9.17, 15) is 14.9 Å². The van der Waals surface area contributed by atoms with E-state index in [4.69, 9.17) is 4.98 Å². The predicted molar refractivity (Wildman–Crippen MR) is 134 cm³/mol. The Kier molecular flexibility index (Phi) is 5.76. The summed E-state index contributed by atoms with van der Waals surface area (Å²) in [6.45, 7) is 1.82. The van der Waals surface area contributed by atoms with Crippen LogP contribution in [0.3, 0.4) is 0 Å². The first kappa shape index (κ1) is 21.4. The number of thiazole rings is 1. The molecular formula is C24H20N4O3S2. The monoisotopic (exact) mass is 476 g/mol. The van der Waals surface area contributed by atoms with E-state index in [-0.39, 0.29) is 11.6 Å². The van der Waals surface area contributed by atoms with Crippen molar-refractivity contribution in [2.24, 2.45) is 0 Å². The maximum atomic E-state index is 12.8. The number of likely N-dealkylation sites (N-methyl/N-ethyl adjacent to an activating group) is 1. The maximum Gasteiger partial charge on any atom is 0.269 e. The fourth-order valence-electron chi connectivity index (χ4n) is 3.86. The lowest BCUT2D eigenvalue weighted by Gasteiger charge is -2.22. The van der Waals surface area contributed by atoms with E-state index in [0.717, 1.165) is 45.3 Å². The molecule has 2 aromatic heterocycles. The van der Waals surface area contributed by atoms with Gasteiger partial charge >= 0.3 is 0 Å². The van der Waals surface area contributed by atoms with Gasteiger partial charge in [-0.15, -0.1) is 22.7 Å². The molecular weight excluding hydrogens is 456 g/mol. The maximum absolute atomic E-state index is 12.8. The first-order chi connectivity index (χ1) is 16.0. The number of hydrogen-bond acceptors (Lipinski definition) is 7. The number of aromatic nitrogens is 1. The second kappa shape index (κ2) is 8.86. The number of nitro groups is 1. The Bertz CT molecular complexity index is 1360. The lowest BCUT2D eigenvalue weighted by molar-refractivity contribution is -0.384. The van der Waals surface area contributed by atoms with E-state index in [1.807, 2.05) is 18.2 Å². The summed E-state index contributed by atoms with van der Waals surface area (Å²) in [6.07, 6.45) is 4.02. The summed E-state index contributed by atoms with van der Waals surface area (Å²) >= 11 is 3.25. The minimum atomic E-state index is -0.445. The number of nitrogens with zero attached hydrogens (tertiary/aromatic N) is 3. The zero-order valence-electron chi connectivity index (χ0n) is 17.8. The van der Waals surface area contributed by atoms with Crippen molar-refractivity contribution in [3.05, 3.63) is 80.7 Å². The first-order valence-corrected chi connectivity index (χ1v) is 12.0. The minimum Gasteiger partial charge on any atom is -0.313 e. The number of benzene rings is 2. The largest absolute Gasteiger partial charge is 0.313 e. The number of thiophene rings is 1. The fourth-order valence-corrected chi connectivity index (χ4v) is 6.30. The van der Waals surface area contributed by atoms with Crippen LogP contribution in [0.15, 0.2) is 54.6 Å². The highest BCUT2D eigenvalue weighted by Crippen LogP contribution is 2.45. The van der Waals surface area contributed by atoms with Crippen molar-refractivity contribution in [2.45, 2.75) is 13.0 Å². The van der Waals surface area contributed by atoms with E-state index in [2.05, 4.69) is 23.3 Å². The Balaban J connectivity index is 1.45. The van der Waals surface area contributed by atoms with E-state index in [1.165, 1.54) is 28.6 Å². The Morgan fingerprint density at radius 3 is 2.73 bits per heavy atom. The van der Waals surface area contributed by atoms with Crippen molar-refractivity contribution >= 4 is 55.6 Å². The van der Waals surface area contributed by atoms with Crippen LogP contribution in [0.2, 0.25) is 0 Å². The van der Waals surface area contributed by atoms with Gasteiger partial charge in [-0.2, -0.15) is 0 Å². The molecule has 0 spiro atoms. The normalized spacial score (nSPS) is 14.0. The van der Waals surface area contributed by atoms with Crippen LogP contribution in [0.4, 0.5) is 10.7 Å². The fraction of sp³-hybridized carbons (Fsp3) is 0.167. The van der Waals surface area contributed by atoms with Crippen LogP contribution < -0.4 is 5.32 Å². The van der Waals surface area contributed by atoms with Crippen molar-refractivity contribution in [1.29, 1.82) is 0 Å². The molecule has 0 saturated heterocycles. The molecule has 0 fully saturated rings. The number of fused-ring (bicyclic) bond motifs is 2. The molecule has 1 aliphatic rings. The van der Waals surface area contributed by atoms with Crippen molar-refractivity contribution in [3.8, 4) is 10.6 Å². The molecule has 1 aliphatic heterocycles.